The quantitative estimate of drug-likeness (QED) is 0.752. The molecule has 1 unspecified atom stereocenters. The van der Waals surface area contributed by atoms with Crippen molar-refractivity contribution < 1.29 is 9.59 Å². The lowest BCUT2D eigenvalue weighted by atomic mass is 10.1. The molecule has 5 heteroatoms. The number of rotatable bonds is 7. The van der Waals surface area contributed by atoms with Gasteiger partial charge < -0.3 is 15.5 Å². The Morgan fingerprint density at radius 1 is 1.04 bits per heavy atom. The summed E-state index contributed by atoms with van der Waals surface area (Å²) >= 11 is 0. The third-order valence-electron chi connectivity index (χ3n) is 4.00. The molecule has 0 fully saturated rings. The Bertz CT molecular complexity index is 753. The van der Waals surface area contributed by atoms with Gasteiger partial charge in [0, 0.05) is 39.3 Å². The maximum atomic E-state index is 12.2. The van der Waals surface area contributed by atoms with Gasteiger partial charge in [-0.1, -0.05) is 42.5 Å². The summed E-state index contributed by atoms with van der Waals surface area (Å²) in [5, 5.41) is 5.37. The summed E-state index contributed by atoms with van der Waals surface area (Å²) in [4.78, 5) is 26.3. The van der Waals surface area contributed by atoms with Crippen LogP contribution in [0.2, 0.25) is 0 Å². The second-order valence-corrected chi connectivity index (χ2v) is 6.18. The van der Waals surface area contributed by atoms with Crippen LogP contribution in [0.1, 0.15) is 11.1 Å². The second-order valence-electron chi connectivity index (χ2n) is 6.18. The average Bonchev–Trinajstić information content (AvgIpc) is 2.66. The van der Waals surface area contributed by atoms with Crippen LogP contribution >= 0.6 is 0 Å². The molecule has 0 aliphatic carbocycles. The number of benzene rings is 2. The first-order chi connectivity index (χ1) is 12.5. The highest BCUT2D eigenvalue weighted by atomic mass is 16.2. The molecule has 0 aromatic heterocycles. The standard InChI is InChI=1S/C21H25N3O2/c1-22-21(26)19(15-17-7-5-4-6-8-17)23-20(25)14-11-16-9-12-18(13-10-16)24(2)3/h4-14,19H,15H2,1-3H3,(H,22,26)(H,23,25)/b14-11+. The molecule has 2 amide bonds. The van der Waals surface area contributed by atoms with E-state index in [2.05, 4.69) is 10.6 Å². The monoisotopic (exact) mass is 351 g/mol. The minimum Gasteiger partial charge on any atom is -0.378 e. The van der Waals surface area contributed by atoms with E-state index in [9.17, 15) is 9.59 Å². The van der Waals surface area contributed by atoms with Crippen LogP contribution in [0.25, 0.3) is 6.08 Å². The molecular formula is C21H25N3O2. The number of anilines is 1. The van der Waals surface area contributed by atoms with Gasteiger partial charge >= 0.3 is 0 Å². The van der Waals surface area contributed by atoms with Crippen LogP contribution in [0.4, 0.5) is 5.69 Å². The number of carbonyl (C=O) groups excluding carboxylic acids is 2. The number of carbonyl (C=O) groups is 2. The first-order valence-corrected chi connectivity index (χ1v) is 8.51. The lowest BCUT2D eigenvalue weighted by Crippen LogP contribution is -2.46. The average molecular weight is 351 g/mol. The lowest BCUT2D eigenvalue weighted by molar-refractivity contribution is -0.126. The number of amides is 2. The van der Waals surface area contributed by atoms with Crippen molar-refractivity contribution in [3.8, 4) is 0 Å². The first-order valence-electron chi connectivity index (χ1n) is 8.51. The molecule has 0 heterocycles. The highest BCUT2D eigenvalue weighted by Crippen LogP contribution is 2.13. The third-order valence-corrected chi connectivity index (χ3v) is 4.00. The zero-order valence-electron chi connectivity index (χ0n) is 15.4. The number of hydrogen-bond donors (Lipinski definition) is 2. The molecule has 1 atom stereocenters. The molecule has 2 aromatic carbocycles. The molecule has 0 spiro atoms. The fraction of sp³-hybridized carbons (Fsp3) is 0.238. The van der Waals surface area contributed by atoms with E-state index >= 15 is 0 Å². The van der Waals surface area contributed by atoms with Crippen molar-refractivity contribution in [2.45, 2.75) is 12.5 Å². The fourth-order valence-electron chi connectivity index (χ4n) is 2.51. The Labute approximate surface area is 154 Å². The summed E-state index contributed by atoms with van der Waals surface area (Å²) in [6.07, 6.45) is 3.63. The van der Waals surface area contributed by atoms with Gasteiger partial charge in [-0.2, -0.15) is 0 Å². The zero-order chi connectivity index (χ0) is 18.9. The lowest BCUT2D eigenvalue weighted by Gasteiger charge is -2.16. The van der Waals surface area contributed by atoms with Gasteiger partial charge in [0.25, 0.3) is 0 Å². The van der Waals surface area contributed by atoms with E-state index in [1.165, 1.54) is 6.08 Å². The van der Waals surface area contributed by atoms with Gasteiger partial charge in [0.05, 0.1) is 0 Å². The summed E-state index contributed by atoms with van der Waals surface area (Å²) < 4.78 is 0. The zero-order valence-corrected chi connectivity index (χ0v) is 15.4. The van der Waals surface area contributed by atoms with Crippen LogP contribution in [0, 0.1) is 0 Å². The fourth-order valence-corrected chi connectivity index (χ4v) is 2.51. The summed E-state index contributed by atoms with van der Waals surface area (Å²) in [5.41, 5.74) is 3.00. The molecule has 0 bridgehead atoms. The van der Waals surface area contributed by atoms with Gasteiger partial charge in [-0.3, -0.25) is 9.59 Å². The Morgan fingerprint density at radius 2 is 1.69 bits per heavy atom. The van der Waals surface area contributed by atoms with Crippen LogP contribution in [-0.4, -0.2) is 39.0 Å². The van der Waals surface area contributed by atoms with Gasteiger partial charge in [0.15, 0.2) is 0 Å². The highest BCUT2D eigenvalue weighted by Gasteiger charge is 2.19. The van der Waals surface area contributed by atoms with Gasteiger partial charge in [-0.15, -0.1) is 0 Å². The number of nitrogens with zero attached hydrogens (tertiary/aromatic N) is 1. The molecule has 0 aliphatic rings. The van der Waals surface area contributed by atoms with E-state index in [1.54, 1.807) is 13.1 Å². The van der Waals surface area contributed by atoms with Crippen LogP contribution in [0.3, 0.4) is 0 Å². The minimum absolute atomic E-state index is 0.217. The normalized spacial score (nSPS) is 11.8. The van der Waals surface area contributed by atoms with E-state index < -0.39 is 6.04 Å². The number of nitrogens with one attached hydrogen (secondary N) is 2. The van der Waals surface area contributed by atoms with E-state index in [1.807, 2.05) is 73.6 Å². The van der Waals surface area contributed by atoms with Crippen molar-refractivity contribution in [1.82, 2.24) is 10.6 Å². The molecule has 0 saturated carbocycles. The Morgan fingerprint density at radius 3 is 2.27 bits per heavy atom. The topological polar surface area (TPSA) is 61.4 Å². The Balaban J connectivity index is 2.00. The molecule has 0 aliphatic heterocycles. The maximum Gasteiger partial charge on any atom is 0.244 e. The molecule has 26 heavy (non-hydrogen) atoms. The molecular weight excluding hydrogens is 326 g/mol. The largest absolute Gasteiger partial charge is 0.378 e. The molecule has 0 saturated heterocycles. The molecule has 2 N–H and O–H groups in total. The van der Waals surface area contributed by atoms with Crippen LogP contribution in [0.15, 0.2) is 60.7 Å². The summed E-state index contributed by atoms with van der Waals surface area (Å²) in [7, 11) is 5.52. The van der Waals surface area contributed by atoms with E-state index in [-0.39, 0.29) is 11.8 Å². The second kappa shape index (κ2) is 9.42. The Hall–Kier alpha value is -3.08. The van der Waals surface area contributed by atoms with Crippen LogP contribution in [-0.2, 0) is 16.0 Å². The van der Waals surface area contributed by atoms with Crippen molar-refractivity contribution in [2.75, 3.05) is 26.0 Å². The number of likely N-dealkylation sites (N-methyl/N-ethyl adjacent to an activating group) is 1. The molecule has 2 rings (SSSR count). The molecule has 136 valence electrons. The van der Waals surface area contributed by atoms with Crippen LogP contribution < -0.4 is 15.5 Å². The van der Waals surface area contributed by atoms with Crippen molar-refractivity contribution in [2.24, 2.45) is 0 Å². The van der Waals surface area contributed by atoms with Gasteiger partial charge in [-0.05, 0) is 29.3 Å². The molecule has 5 nitrogen and oxygen atoms in total. The van der Waals surface area contributed by atoms with Gasteiger partial charge in [0.1, 0.15) is 6.04 Å². The van der Waals surface area contributed by atoms with Crippen molar-refractivity contribution in [3.05, 3.63) is 71.8 Å². The maximum absolute atomic E-state index is 12.2. The molecule has 2 aromatic rings. The Kier molecular flexibility index (Phi) is 6.97. The summed E-state index contributed by atoms with van der Waals surface area (Å²) in [5.74, 6) is -0.517. The summed E-state index contributed by atoms with van der Waals surface area (Å²) in [6.45, 7) is 0. The predicted octanol–water partition coefficient (Wildman–Crippen LogP) is 2.24. The minimum atomic E-state index is -0.615. The summed E-state index contributed by atoms with van der Waals surface area (Å²) in [6, 6.07) is 16.9. The van der Waals surface area contributed by atoms with E-state index in [4.69, 9.17) is 0 Å². The SMILES string of the molecule is CNC(=O)C(Cc1ccccc1)NC(=O)/C=C/c1ccc(N(C)C)cc1. The predicted molar refractivity (Wildman–Crippen MR) is 106 cm³/mol. The highest BCUT2D eigenvalue weighted by molar-refractivity contribution is 5.95. The van der Waals surface area contributed by atoms with E-state index in [0.29, 0.717) is 6.42 Å². The van der Waals surface area contributed by atoms with Gasteiger partial charge in [-0.25, -0.2) is 0 Å². The number of hydrogen-bond acceptors (Lipinski definition) is 3. The van der Waals surface area contributed by atoms with Crippen LogP contribution in [0.5, 0.6) is 0 Å². The van der Waals surface area contributed by atoms with Crippen molar-refractivity contribution in [1.29, 1.82) is 0 Å². The van der Waals surface area contributed by atoms with Gasteiger partial charge in [0.2, 0.25) is 11.8 Å². The third kappa shape index (κ3) is 5.77. The van der Waals surface area contributed by atoms with E-state index in [0.717, 1.165) is 16.8 Å². The smallest absolute Gasteiger partial charge is 0.244 e. The molecule has 0 radical (unpaired) electrons. The van der Waals surface area contributed by atoms with Crippen molar-refractivity contribution in [3.63, 3.8) is 0 Å². The van der Waals surface area contributed by atoms with Crippen molar-refractivity contribution >= 4 is 23.6 Å². The first kappa shape index (κ1) is 19.2.